The maximum atomic E-state index is 11.5. The van der Waals surface area contributed by atoms with E-state index in [2.05, 4.69) is 4.99 Å². The van der Waals surface area contributed by atoms with Crippen LogP contribution in [0.1, 0.15) is 5.56 Å². The lowest BCUT2D eigenvalue weighted by atomic mass is 10.2. The van der Waals surface area contributed by atoms with Crippen molar-refractivity contribution in [1.82, 2.24) is 4.90 Å². The Balaban J connectivity index is 2.51. The number of esters is 1. The third kappa shape index (κ3) is 4.82. The average molecular weight is 359 g/mol. The molecule has 0 fully saturated rings. The number of nitrogens with one attached hydrogen (secondary N) is 1. The number of hydrogen-bond donors (Lipinski definition) is 1. The molecule has 0 saturated carbocycles. The highest BCUT2D eigenvalue weighted by molar-refractivity contribution is 14.1. The van der Waals surface area contributed by atoms with Gasteiger partial charge in [0.05, 0.1) is 0 Å². The molecule has 0 radical (unpaired) electrons. The number of ether oxygens (including phenoxy) is 1. The zero-order chi connectivity index (χ0) is 13.5. The summed E-state index contributed by atoms with van der Waals surface area (Å²) in [5.41, 5.74) is 0.880. The van der Waals surface area contributed by atoms with Crippen molar-refractivity contribution in [3.63, 3.8) is 0 Å². The number of rotatable bonds is 2. The van der Waals surface area contributed by atoms with Crippen LogP contribution in [0.25, 0.3) is 0 Å². The first-order valence-electron chi connectivity index (χ1n) is 5.22. The molecule has 0 unspecified atom stereocenters. The van der Waals surface area contributed by atoms with Crippen LogP contribution >= 0.6 is 22.6 Å². The lowest BCUT2D eigenvalue weighted by Crippen LogP contribution is -2.21. The molecule has 0 heterocycles. The van der Waals surface area contributed by atoms with Gasteiger partial charge in [0.1, 0.15) is 6.61 Å². The fourth-order valence-electron chi connectivity index (χ4n) is 1.03. The van der Waals surface area contributed by atoms with Gasteiger partial charge >= 0.3 is 5.97 Å². The van der Waals surface area contributed by atoms with E-state index < -0.39 is 11.8 Å². The lowest BCUT2D eigenvalue weighted by Gasteiger charge is -2.09. The minimum atomic E-state index is -0.727. The van der Waals surface area contributed by atoms with Crippen LogP contribution in [0.2, 0.25) is 0 Å². The number of benzene rings is 1. The molecule has 0 atom stereocenters. The molecule has 6 heteroatoms. The standard InChI is InChI=1S/C12H14IN3O2/c1-16(2)12(13)15-10(14)11(17)18-8-9-6-4-3-5-7-9/h3-7,14H,8H2,1-2H3. The highest BCUT2D eigenvalue weighted by Crippen LogP contribution is 2.02. The van der Waals surface area contributed by atoms with Crippen molar-refractivity contribution in [1.29, 1.82) is 5.41 Å². The molecule has 1 N–H and O–H groups in total. The van der Waals surface area contributed by atoms with E-state index in [9.17, 15) is 4.79 Å². The van der Waals surface area contributed by atoms with Crippen molar-refractivity contribution in [2.75, 3.05) is 14.1 Å². The Morgan fingerprint density at radius 2 is 2.00 bits per heavy atom. The van der Waals surface area contributed by atoms with Crippen LogP contribution in [0.4, 0.5) is 0 Å². The monoisotopic (exact) mass is 359 g/mol. The van der Waals surface area contributed by atoms with Gasteiger partial charge < -0.3 is 9.64 Å². The largest absolute Gasteiger partial charge is 0.455 e. The molecule has 1 aromatic rings. The van der Waals surface area contributed by atoms with Gasteiger partial charge in [0, 0.05) is 14.1 Å². The fraction of sp³-hybridized carbons (Fsp3) is 0.250. The van der Waals surface area contributed by atoms with Crippen molar-refractivity contribution < 1.29 is 9.53 Å². The number of aliphatic imine (C=N–C) groups is 1. The van der Waals surface area contributed by atoms with Crippen molar-refractivity contribution in [2.24, 2.45) is 4.99 Å². The molecule has 0 aliphatic rings. The van der Waals surface area contributed by atoms with Crippen molar-refractivity contribution in [3.8, 4) is 0 Å². The average Bonchev–Trinajstić information content (AvgIpc) is 2.36. The molecule has 1 aromatic carbocycles. The smallest absolute Gasteiger partial charge is 0.376 e. The maximum Gasteiger partial charge on any atom is 0.376 e. The van der Waals surface area contributed by atoms with Crippen molar-refractivity contribution >= 4 is 38.2 Å². The topological polar surface area (TPSA) is 65.8 Å². The first-order chi connectivity index (χ1) is 8.50. The van der Waals surface area contributed by atoms with Gasteiger partial charge in [-0.25, -0.2) is 4.79 Å². The fourth-order valence-corrected chi connectivity index (χ4v) is 1.27. The van der Waals surface area contributed by atoms with E-state index >= 15 is 0 Å². The molecule has 0 bridgehead atoms. The van der Waals surface area contributed by atoms with E-state index in [0.29, 0.717) is 3.84 Å². The number of carbonyl (C=O) groups excluding carboxylic acids is 1. The Hall–Kier alpha value is -1.44. The van der Waals surface area contributed by atoms with Gasteiger partial charge in [-0.2, -0.15) is 4.99 Å². The van der Waals surface area contributed by atoms with Crippen LogP contribution < -0.4 is 0 Å². The van der Waals surface area contributed by atoms with Gasteiger partial charge in [0.25, 0.3) is 0 Å². The summed E-state index contributed by atoms with van der Waals surface area (Å²) >= 11 is 1.95. The molecule has 0 aliphatic carbocycles. The summed E-state index contributed by atoms with van der Waals surface area (Å²) in [5.74, 6) is -1.13. The zero-order valence-corrected chi connectivity index (χ0v) is 12.3. The van der Waals surface area contributed by atoms with Gasteiger partial charge in [-0.15, -0.1) is 0 Å². The second-order valence-corrected chi connectivity index (χ2v) is 4.65. The minimum Gasteiger partial charge on any atom is -0.455 e. The van der Waals surface area contributed by atoms with Crippen LogP contribution in [0.5, 0.6) is 0 Å². The third-order valence-corrected chi connectivity index (χ3v) is 3.19. The molecule has 0 aliphatic heterocycles. The van der Waals surface area contributed by atoms with E-state index in [0.717, 1.165) is 5.56 Å². The van der Waals surface area contributed by atoms with Gasteiger partial charge in [0.2, 0.25) is 5.84 Å². The predicted octanol–water partition coefficient (Wildman–Crippen LogP) is 2.06. The normalized spacial score (nSPS) is 10.9. The molecule has 0 amide bonds. The molecule has 1 rings (SSSR count). The highest BCUT2D eigenvalue weighted by Gasteiger charge is 2.11. The van der Waals surface area contributed by atoms with Gasteiger partial charge in [-0.1, -0.05) is 30.3 Å². The zero-order valence-electron chi connectivity index (χ0n) is 10.2. The molecule has 0 saturated heterocycles. The molecule has 0 spiro atoms. The summed E-state index contributed by atoms with van der Waals surface area (Å²) in [5, 5.41) is 7.49. The van der Waals surface area contributed by atoms with Gasteiger partial charge in [-0.05, 0) is 28.2 Å². The quantitative estimate of drug-likeness (QED) is 0.289. The second-order valence-electron chi connectivity index (χ2n) is 3.69. The first-order valence-corrected chi connectivity index (χ1v) is 6.29. The lowest BCUT2D eigenvalue weighted by molar-refractivity contribution is -0.136. The molecule has 18 heavy (non-hydrogen) atoms. The van der Waals surface area contributed by atoms with E-state index in [-0.39, 0.29) is 6.61 Å². The minimum absolute atomic E-state index is 0.149. The van der Waals surface area contributed by atoms with E-state index in [4.69, 9.17) is 10.1 Å². The summed E-state index contributed by atoms with van der Waals surface area (Å²) in [4.78, 5) is 17.0. The predicted molar refractivity (Wildman–Crippen MR) is 79.1 cm³/mol. The highest BCUT2D eigenvalue weighted by atomic mass is 127. The molecule has 0 aromatic heterocycles. The Morgan fingerprint density at radius 3 is 2.56 bits per heavy atom. The summed E-state index contributed by atoms with van der Waals surface area (Å²) in [6, 6.07) is 9.31. The molecule has 5 nitrogen and oxygen atoms in total. The Morgan fingerprint density at radius 1 is 1.39 bits per heavy atom. The second kappa shape index (κ2) is 7.10. The first kappa shape index (κ1) is 14.6. The van der Waals surface area contributed by atoms with Crippen LogP contribution in [-0.2, 0) is 16.1 Å². The summed E-state index contributed by atoms with van der Waals surface area (Å²) in [6.45, 7) is 0.149. The molecule has 96 valence electrons. The van der Waals surface area contributed by atoms with Crippen LogP contribution in [0.3, 0.4) is 0 Å². The van der Waals surface area contributed by atoms with Crippen molar-refractivity contribution in [2.45, 2.75) is 6.61 Å². The van der Waals surface area contributed by atoms with E-state index in [1.54, 1.807) is 19.0 Å². The number of hydrogen-bond acceptors (Lipinski definition) is 3. The Kier molecular flexibility index (Phi) is 5.76. The number of carbonyl (C=O) groups is 1. The number of nitrogens with zero attached hydrogens (tertiary/aromatic N) is 2. The van der Waals surface area contributed by atoms with Crippen LogP contribution in [-0.4, -0.2) is 34.6 Å². The molecular weight excluding hydrogens is 345 g/mol. The SMILES string of the molecule is CN(C)C(I)=NC(=N)C(=O)OCc1ccccc1. The summed E-state index contributed by atoms with van der Waals surface area (Å²) in [6.07, 6.45) is 0. The molecular formula is C12H14IN3O2. The Labute approximate surface area is 119 Å². The van der Waals surface area contributed by atoms with Gasteiger partial charge in [0.15, 0.2) is 3.84 Å². The maximum absolute atomic E-state index is 11.5. The number of amidine groups is 2. The summed E-state index contributed by atoms with van der Waals surface area (Å²) < 4.78 is 5.53. The van der Waals surface area contributed by atoms with Gasteiger partial charge in [-0.3, -0.25) is 5.41 Å². The van der Waals surface area contributed by atoms with Crippen molar-refractivity contribution in [3.05, 3.63) is 35.9 Å². The van der Waals surface area contributed by atoms with E-state index in [1.807, 2.05) is 52.9 Å². The summed E-state index contributed by atoms with van der Waals surface area (Å²) in [7, 11) is 3.57. The Bertz CT molecular complexity index is 458. The van der Waals surface area contributed by atoms with Crippen LogP contribution in [0, 0.1) is 5.41 Å². The van der Waals surface area contributed by atoms with Crippen LogP contribution in [0.15, 0.2) is 35.3 Å². The number of halogens is 1. The third-order valence-electron chi connectivity index (χ3n) is 1.98. The van der Waals surface area contributed by atoms with E-state index in [1.165, 1.54) is 0 Å².